The SMILES string of the molecule is CC1(C)CN(C(=O)c2ccc(S(=O)(=O)N3CCCCCC3)cc2)CCC1N.Cl. The number of hydrogen-bond acceptors (Lipinski definition) is 4. The minimum absolute atomic E-state index is 0. The van der Waals surface area contributed by atoms with E-state index in [2.05, 4.69) is 13.8 Å². The maximum Gasteiger partial charge on any atom is 0.253 e. The van der Waals surface area contributed by atoms with Crippen molar-refractivity contribution >= 4 is 28.3 Å². The second-order valence-electron chi connectivity index (χ2n) is 8.45. The zero-order valence-corrected chi connectivity index (χ0v) is 18.4. The van der Waals surface area contributed by atoms with Gasteiger partial charge in [0.15, 0.2) is 0 Å². The second kappa shape index (κ2) is 9.11. The zero-order chi connectivity index (χ0) is 19.7. The number of piperidine rings is 1. The lowest BCUT2D eigenvalue weighted by Gasteiger charge is -2.42. The number of sulfonamides is 1. The Hall–Kier alpha value is -1.15. The summed E-state index contributed by atoms with van der Waals surface area (Å²) in [7, 11) is -3.49. The van der Waals surface area contributed by atoms with Gasteiger partial charge in [-0.3, -0.25) is 4.79 Å². The molecule has 2 saturated heterocycles. The quantitative estimate of drug-likeness (QED) is 0.800. The lowest BCUT2D eigenvalue weighted by atomic mass is 9.79. The number of nitrogens with zero attached hydrogens (tertiary/aromatic N) is 2. The smallest absolute Gasteiger partial charge is 0.253 e. The summed E-state index contributed by atoms with van der Waals surface area (Å²) in [5.74, 6) is -0.0614. The topological polar surface area (TPSA) is 83.7 Å². The third-order valence-corrected chi connectivity index (χ3v) is 7.82. The average Bonchev–Trinajstić information content (AvgIpc) is 2.93. The number of rotatable bonds is 3. The molecule has 28 heavy (non-hydrogen) atoms. The van der Waals surface area contributed by atoms with Gasteiger partial charge in [-0.15, -0.1) is 12.4 Å². The summed E-state index contributed by atoms with van der Waals surface area (Å²) in [6, 6.07) is 6.48. The van der Waals surface area contributed by atoms with Crippen LogP contribution in [-0.2, 0) is 10.0 Å². The fraction of sp³-hybridized carbons (Fsp3) is 0.650. The molecule has 0 aliphatic carbocycles. The first-order valence-corrected chi connectivity index (χ1v) is 11.3. The molecule has 158 valence electrons. The van der Waals surface area contributed by atoms with Crippen LogP contribution in [0.3, 0.4) is 0 Å². The van der Waals surface area contributed by atoms with E-state index in [1.165, 1.54) is 0 Å². The normalized spacial score (nSPS) is 23.5. The number of carbonyl (C=O) groups excluding carboxylic acids is 1. The number of likely N-dealkylation sites (tertiary alicyclic amines) is 1. The molecule has 0 spiro atoms. The van der Waals surface area contributed by atoms with Gasteiger partial charge in [-0.05, 0) is 48.9 Å². The average molecular weight is 430 g/mol. The van der Waals surface area contributed by atoms with Gasteiger partial charge in [-0.25, -0.2) is 8.42 Å². The van der Waals surface area contributed by atoms with Gasteiger partial charge in [0.25, 0.3) is 5.91 Å². The van der Waals surface area contributed by atoms with Gasteiger partial charge in [-0.2, -0.15) is 4.31 Å². The van der Waals surface area contributed by atoms with Gasteiger partial charge in [-0.1, -0.05) is 26.7 Å². The first-order chi connectivity index (χ1) is 12.7. The Morgan fingerprint density at radius 2 is 1.61 bits per heavy atom. The van der Waals surface area contributed by atoms with E-state index in [0.717, 1.165) is 32.1 Å². The van der Waals surface area contributed by atoms with Crippen molar-refractivity contribution in [3.05, 3.63) is 29.8 Å². The third-order valence-electron chi connectivity index (χ3n) is 5.90. The monoisotopic (exact) mass is 429 g/mol. The Morgan fingerprint density at radius 1 is 1.04 bits per heavy atom. The van der Waals surface area contributed by atoms with Crippen LogP contribution in [0.2, 0.25) is 0 Å². The summed E-state index contributed by atoms with van der Waals surface area (Å²) in [4.78, 5) is 14.9. The van der Waals surface area contributed by atoms with Gasteiger partial charge >= 0.3 is 0 Å². The number of hydrogen-bond donors (Lipinski definition) is 1. The number of carbonyl (C=O) groups is 1. The molecule has 0 bridgehead atoms. The third kappa shape index (κ3) is 4.87. The highest BCUT2D eigenvalue weighted by atomic mass is 35.5. The molecule has 2 heterocycles. The molecule has 1 atom stereocenters. The molecule has 2 aliphatic heterocycles. The molecule has 3 rings (SSSR count). The maximum absolute atomic E-state index is 12.9. The Balaban J connectivity index is 0.00000280. The number of nitrogens with two attached hydrogens (primary N) is 1. The van der Waals surface area contributed by atoms with Crippen LogP contribution in [0.5, 0.6) is 0 Å². The van der Waals surface area contributed by atoms with Crippen molar-refractivity contribution in [1.29, 1.82) is 0 Å². The molecule has 0 saturated carbocycles. The van der Waals surface area contributed by atoms with Crippen molar-refractivity contribution in [2.45, 2.75) is 56.9 Å². The van der Waals surface area contributed by atoms with Crippen molar-refractivity contribution in [2.75, 3.05) is 26.2 Å². The van der Waals surface area contributed by atoms with E-state index in [9.17, 15) is 13.2 Å². The van der Waals surface area contributed by atoms with Gasteiger partial charge in [0.1, 0.15) is 0 Å². The molecule has 1 aromatic carbocycles. The molecule has 1 unspecified atom stereocenters. The van der Waals surface area contributed by atoms with E-state index < -0.39 is 10.0 Å². The summed E-state index contributed by atoms with van der Waals surface area (Å²) >= 11 is 0. The van der Waals surface area contributed by atoms with Crippen LogP contribution in [0.15, 0.2) is 29.2 Å². The fourth-order valence-corrected chi connectivity index (χ4v) is 5.45. The standard InChI is InChI=1S/C20H31N3O3S.ClH/c1-20(2)15-22(14-11-18(20)21)19(24)16-7-9-17(10-8-16)27(25,26)23-12-5-3-4-6-13-23;/h7-10,18H,3-6,11-15,21H2,1-2H3;1H. The second-order valence-corrected chi connectivity index (χ2v) is 10.4. The van der Waals surface area contributed by atoms with Gasteiger partial charge in [0, 0.05) is 37.8 Å². The van der Waals surface area contributed by atoms with E-state index in [0.29, 0.717) is 31.7 Å². The maximum atomic E-state index is 12.9. The van der Waals surface area contributed by atoms with Crippen LogP contribution in [0.1, 0.15) is 56.3 Å². The first kappa shape index (κ1) is 23.1. The predicted octanol–water partition coefficient (Wildman–Crippen LogP) is 2.87. The molecule has 6 nitrogen and oxygen atoms in total. The molecule has 2 aliphatic rings. The highest BCUT2D eigenvalue weighted by molar-refractivity contribution is 7.89. The van der Waals surface area contributed by atoms with Crippen molar-refractivity contribution < 1.29 is 13.2 Å². The minimum Gasteiger partial charge on any atom is -0.338 e. The fourth-order valence-electron chi connectivity index (χ4n) is 3.93. The van der Waals surface area contributed by atoms with E-state index in [1.54, 1.807) is 28.6 Å². The molecule has 1 amide bonds. The summed E-state index contributed by atoms with van der Waals surface area (Å²) in [5.41, 5.74) is 6.56. The molecule has 0 aromatic heterocycles. The van der Waals surface area contributed by atoms with E-state index in [-0.39, 0.29) is 34.7 Å². The van der Waals surface area contributed by atoms with Crippen LogP contribution >= 0.6 is 12.4 Å². The molecule has 2 fully saturated rings. The lowest BCUT2D eigenvalue weighted by molar-refractivity contribution is 0.0533. The van der Waals surface area contributed by atoms with E-state index >= 15 is 0 Å². The molecule has 2 N–H and O–H groups in total. The highest BCUT2D eigenvalue weighted by Crippen LogP contribution is 2.29. The lowest BCUT2D eigenvalue weighted by Crippen LogP contribution is -2.54. The van der Waals surface area contributed by atoms with Crippen molar-refractivity contribution in [1.82, 2.24) is 9.21 Å². The summed E-state index contributed by atoms with van der Waals surface area (Å²) < 4.78 is 27.3. The van der Waals surface area contributed by atoms with Gasteiger partial charge < -0.3 is 10.6 Å². The van der Waals surface area contributed by atoms with Crippen LogP contribution in [-0.4, -0.2) is 55.8 Å². The minimum atomic E-state index is -3.49. The zero-order valence-electron chi connectivity index (χ0n) is 16.8. The Morgan fingerprint density at radius 3 is 2.14 bits per heavy atom. The van der Waals surface area contributed by atoms with Crippen LogP contribution in [0.4, 0.5) is 0 Å². The first-order valence-electron chi connectivity index (χ1n) is 9.87. The van der Waals surface area contributed by atoms with Crippen molar-refractivity contribution in [3.63, 3.8) is 0 Å². The summed E-state index contributed by atoms with van der Waals surface area (Å²) in [5, 5.41) is 0. The molecule has 8 heteroatoms. The van der Waals surface area contributed by atoms with Gasteiger partial charge in [0.05, 0.1) is 4.90 Å². The van der Waals surface area contributed by atoms with Gasteiger partial charge in [0.2, 0.25) is 10.0 Å². The largest absolute Gasteiger partial charge is 0.338 e. The highest BCUT2D eigenvalue weighted by Gasteiger charge is 2.35. The molecular weight excluding hydrogens is 398 g/mol. The van der Waals surface area contributed by atoms with Crippen LogP contribution in [0.25, 0.3) is 0 Å². The van der Waals surface area contributed by atoms with Crippen LogP contribution < -0.4 is 5.73 Å². The molecular formula is C20H32ClN3O3S. The van der Waals surface area contributed by atoms with E-state index in [4.69, 9.17) is 5.73 Å². The molecule has 0 radical (unpaired) electrons. The Labute approximate surface area is 174 Å². The molecule has 1 aromatic rings. The van der Waals surface area contributed by atoms with E-state index in [1.807, 2.05) is 4.90 Å². The van der Waals surface area contributed by atoms with Crippen molar-refractivity contribution in [3.8, 4) is 0 Å². The Bertz CT molecular complexity index is 772. The summed E-state index contributed by atoms with van der Waals surface area (Å²) in [6.07, 6.45) is 4.75. The summed E-state index contributed by atoms with van der Waals surface area (Å²) in [6.45, 7) is 6.55. The van der Waals surface area contributed by atoms with Crippen molar-refractivity contribution in [2.24, 2.45) is 11.1 Å². The number of halogens is 1. The predicted molar refractivity (Wildman–Crippen MR) is 113 cm³/mol. The Kier molecular flexibility index (Phi) is 7.53. The van der Waals surface area contributed by atoms with Crippen LogP contribution in [0, 0.1) is 5.41 Å². The number of benzene rings is 1. The number of amides is 1.